The highest BCUT2D eigenvalue weighted by Crippen LogP contribution is 2.42. The molecule has 0 bridgehead atoms. The van der Waals surface area contributed by atoms with E-state index in [1.165, 1.54) is 47.9 Å². The standard InChI is InChI=1S/C20H25FN2O5S/c1-19(2,3)28-18(26)15-20(4,27)10-29-17-14(16(25)23(15)17)22-13(24)9-11-5-7-12(21)8-6-11/h5-8,14-15,17,27H,9-10H2,1-4H3,(H,22,24)/t14?,15?,17-,20?/m1/s1. The maximum atomic E-state index is 13.0. The molecule has 2 heterocycles. The molecular weight excluding hydrogens is 399 g/mol. The van der Waals surface area contributed by atoms with Crippen molar-refractivity contribution >= 4 is 29.5 Å². The van der Waals surface area contributed by atoms with Gasteiger partial charge >= 0.3 is 5.97 Å². The van der Waals surface area contributed by atoms with Crippen molar-refractivity contribution in [1.82, 2.24) is 10.2 Å². The molecule has 1 aromatic carbocycles. The SMILES string of the molecule is CC(C)(C)OC(=O)C1N2C(=O)C(NC(=O)Cc3ccc(F)cc3)[C@H]2SCC1(C)O. The van der Waals surface area contributed by atoms with Crippen molar-refractivity contribution in [2.75, 3.05) is 5.75 Å². The molecule has 2 amide bonds. The second-order valence-corrected chi connectivity index (χ2v) is 9.69. The van der Waals surface area contributed by atoms with E-state index in [9.17, 15) is 23.9 Å². The summed E-state index contributed by atoms with van der Waals surface area (Å²) in [6.45, 7) is 6.64. The fourth-order valence-electron chi connectivity index (χ4n) is 3.44. The summed E-state index contributed by atoms with van der Waals surface area (Å²) in [6, 6.07) is 3.64. The number of benzene rings is 1. The Hall–Kier alpha value is -2.13. The van der Waals surface area contributed by atoms with Crippen LogP contribution in [0.25, 0.3) is 0 Å². The first-order valence-corrected chi connectivity index (χ1v) is 10.4. The van der Waals surface area contributed by atoms with Crippen molar-refractivity contribution in [3.05, 3.63) is 35.6 Å². The first-order chi connectivity index (χ1) is 13.4. The number of halogens is 1. The molecular formula is C20H25FN2O5S. The first-order valence-electron chi connectivity index (χ1n) is 9.32. The third kappa shape index (κ3) is 4.56. The van der Waals surface area contributed by atoms with Crippen LogP contribution in [0.15, 0.2) is 24.3 Å². The Morgan fingerprint density at radius 2 is 1.97 bits per heavy atom. The number of ether oxygens (including phenoxy) is 1. The minimum atomic E-state index is -1.44. The van der Waals surface area contributed by atoms with Gasteiger partial charge in [0.15, 0.2) is 6.04 Å². The Kier molecular flexibility index (Phi) is 5.66. The summed E-state index contributed by atoms with van der Waals surface area (Å²) in [6.07, 6.45) is 0.00859. The molecule has 0 aliphatic carbocycles. The van der Waals surface area contributed by atoms with E-state index < -0.39 is 46.4 Å². The van der Waals surface area contributed by atoms with Gasteiger partial charge in [-0.3, -0.25) is 9.59 Å². The summed E-state index contributed by atoms with van der Waals surface area (Å²) in [5.41, 5.74) is -1.58. The molecule has 0 saturated carbocycles. The number of hydrogen-bond donors (Lipinski definition) is 2. The number of carbonyl (C=O) groups excluding carboxylic acids is 3. The van der Waals surface area contributed by atoms with E-state index in [0.29, 0.717) is 5.56 Å². The molecule has 3 rings (SSSR count). The van der Waals surface area contributed by atoms with Crippen LogP contribution in [-0.4, -0.2) is 62.2 Å². The van der Waals surface area contributed by atoms with E-state index in [1.54, 1.807) is 20.8 Å². The number of esters is 1. The van der Waals surface area contributed by atoms with Gasteiger partial charge in [0.25, 0.3) is 0 Å². The average molecular weight is 424 g/mol. The number of amides is 2. The zero-order valence-corrected chi connectivity index (χ0v) is 17.6. The van der Waals surface area contributed by atoms with Gasteiger partial charge in [0.1, 0.15) is 28.4 Å². The van der Waals surface area contributed by atoms with Crippen LogP contribution in [0.3, 0.4) is 0 Å². The number of fused-ring (bicyclic) bond motifs is 1. The van der Waals surface area contributed by atoms with Crippen LogP contribution in [0.4, 0.5) is 4.39 Å². The third-order valence-corrected chi connectivity index (χ3v) is 6.31. The Labute approximate surface area is 173 Å². The van der Waals surface area contributed by atoms with Crippen molar-refractivity contribution in [2.24, 2.45) is 0 Å². The summed E-state index contributed by atoms with van der Waals surface area (Å²) in [5.74, 6) is -1.66. The van der Waals surface area contributed by atoms with Crippen molar-refractivity contribution in [3.63, 3.8) is 0 Å². The molecule has 158 valence electrons. The Balaban J connectivity index is 1.68. The molecule has 2 aliphatic rings. The second-order valence-electron chi connectivity index (χ2n) is 8.59. The number of nitrogens with zero attached hydrogens (tertiary/aromatic N) is 1. The van der Waals surface area contributed by atoms with Crippen LogP contribution in [0.5, 0.6) is 0 Å². The number of carbonyl (C=O) groups is 3. The van der Waals surface area contributed by atoms with Crippen molar-refractivity contribution < 1.29 is 28.6 Å². The van der Waals surface area contributed by atoms with E-state index in [-0.39, 0.29) is 18.1 Å². The fourth-order valence-corrected chi connectivity index (χ4v) is 4.87. The minimum absolute atomic E-state index is 0.00859. The topological polar surface area (TPSA) is 95.9 Å². The summed E-state index contributed by atoms with van der Waals surface area (Å²) < 4.78 is 18.4. The van der Waals surface area contributed by atoms with Crippen LogP contribution in [0.1, 0.15) is 33.3 Å². The molecule has 2 saturated heterocycles. The van der Waals surface area contributed by atoms with E-state index >= 15 is 0 Å². The zero-order chi connectivity index (χ0) is 21.6. The third-order valence-electron chi connectivity index (χ3n) is 4.72. The first kappa shape index (κ1) is 21.6. The summed E-state index contributed by atoms with van der Waals surface area (Å²) >= 11 is 1.30. The molecule has 2 N–H and O–H groups in total. The predicted octanol–water partition coefficient (Wildman–Crippen LogP) is 1.23. The van der Waals surface area contributed by atoms with Gasteiger partial charge < -0.3 is 20.1 Å². The lowest BCUT2D eigenvalue weighted by Gasteiger charge is -2.56. The van der Waals surface area contributed by atoms with Gasteiger partial charge in [-0.25, -0.2) is 9.18 Å². The molecule has 4 atom stereocenters. The highest BCUT2D eigenvalue weighted by molar-refractivity contribution is 8.00. The molecule has 0 aromatic heterocycles. The summed E-state index contributed by atoms with van der Waals surface area (Å²) in [5, 5.41) is 12.9. The van der Waals surface area contributed by atoms with Crippen LogP contribution in [0.2, 0.25) is 0 Å². The molecule has 7 nitrogen and oxygen atoms in total. The number of hydrogen-bond acceptors (Lipinski definition) is 6. The number of thioether (sulfide) groups is 1. The van der Waals surface area contributed by atoms with Gasteiger partial charge in [0.05, 0.1) is 6.42 Å². The lowest BCUT2D eigenvalue weighted by molar-refractivity contribution is -0.184. The van der Waals surface area contributed by atoms with Crippen LogP contribution < -0.4 is 5.32 Å². The summed E-state index contributed by atoms with van der Waals surface area (Å²) in [7, 11) is 0. The minimum Gasteiger partial charge on any atom is -0.458 e. The quantitative estimate of drug-likeness (QED) is 0.558. The van der Waals surface area contributed by atoms with Gasteiger partial charge in [0.2, 0.25) is 11.8 Å². The highest BCUT2D eigenvalue weighted by atomic mass is 32.2. The molecule has 2 fully saturated rings. The van der Waals surface area contributed by atoms with E-state index in [4.69, 9.17) is 4.74 Å². The van der Waals surface area contributed by atoms with Crippen LogP contribution in [-0.2, 0) is 25.5 Å². The smallest absolute Gasteiger partial charge is 0.332 e. The molecule has 0 radical (unpaired) electrons. The van der Waals surface area contributed by atoms with E-state index in [1.807, 2.05) is 0 Å². The van der Waals surface area contributed by atoms with Crippen LogP contribution >= 0.6 is 11.8 Å². The van der Waals surface area contributed by atoms with Crippen molar-refractivity contribution in [2.45, 2.75) is 62.8 Å². The number of β-lactam (4-membered cyclic amide) rings is 1. The Morgan fingerprint density at radius 3 is 2.55 bits per heavy atom. The number of aliphatic hydroxyl groups is 1. The monoisotopic (exact) mass is 424 g/mol. The van der Waals surface area contributed by atoms with Gasteiger partial charge in [0, 0.05) is 5.75 Å². The largest absolute Gasteiger partial charge is 0.458 e. The zero-order valence-electron chi connectivity index (χ0n) is 16.8. The van der Waals surface area contributed by atoms with Crippen molar-refractivity contribution in [3.8, 4) is 0 Å². The van der Waals surface area contributed by atoms with E-state index in [2.05, 4.69) is 5.32 Å². The Morgan fingerprint density at radius 1 is 1.34 bits per heavy atom. The molecule has 0 spiro atoms. The molecule has 9 heteroatoms. The Bertz CT molecular complexity index is 821. The lowest BCUT2D eigenvalue weighted by atomic mass is 9.91. The molecule has 3 unspecified atom stereocenters. The highest BCUT2D eigenvalue weighted by Gasteiger charge is 2.61. The molecule has 29 heavy (non-hydrogen) atoms. The van der Waals surface area contributed by atoms with Gasteiger partial charge in [-0.05, 0) is 45.4 Å². The van der Waals surface area contributed by atoms with Crippen LogP contribution in [0, 0.1) is 5.82 Å². The molecule has 2 aliphatic heterocycles. The van der Waals surface area contributed by atoms with E-state index in [0.717, 1.165) is 0 Å². The second kappa shape index (κ2) is 7.60. The normalized spacial score (nSPS) is 29.0. The fraction of sp³-hybridized carbons (Fsp3) is 0.550. The average Bonchev–Trinajstić information content (AvgIpc) is 2.59. The maximum Gasteiger partial charge on any atom is 0.332 e. The predicted molar refractivity (Wildman–Crippen MR) is 105 cm³/mol. The lowest BCUT2D eigenvalue weighted by Crippen LogP contribution is -2.79. The van der Waals surface area contributed by atoms with Gasteiger partial charge in [-0.1, -0.05) is 12.1 Å². The molecule has 1 aromatic rings. The number of rotatable bonds is 4. The van der Waals surface area contributed by atoms with Gasteiger partial charge in [-0.2, -0.15) is 0 Å². The number of nitrogens with one attached hydrogen (secondary N) is 1. The van der Waals surface area contributed by atoms with Gasteiger partial charge in [-0.15, -0.1) is 11.8 Å². The maximum absolute atomic E-state index is 13.0. The summed E-state index contributed by atoms with van der Waals surface area (Å²) in [4.78, 5) is 39.0. The van der Waals surface area contributed by atoms with Crippen molar-refractivity contribution in [1.29, 1.82) is 0 Å².